The Hall–Kier alpha value is -2.81. The fourth-order valence-corrected chi connectivity index (χ4v) is 3.15. The van der Waals surface area contributed by atoms with E-state index < -0.39 is 54.3 Å². The minimum Gasteiger partial charge on any atom is -0.548 e. The molecule has 2 saturated heterocycles. The second-order valence-electron chi connectivity index (χ2n) is 9.22. The number of aliphatic carboxylic acids is 4. The second-order valence-corrected chi connectivity index (χ2v) is 9.22. The molecule has 35 heavy (non-hydrogen) atoms. The van der Waals surface area contributed by atoms with Crippen LogP contribution in [0.5, 0.6) is 0 Å². The van der Waals surface area contributed by atoms with Crippen molar-refractivity contribution >= 4 is 29.8 Å². The number of esters is 1. The molecule has 2 fully saturated rings. The smallest absolute Gasteiger partial charge is 0.349 e. The number of carboxylic acids is 4. The van der Waals surface area contributed by atoms with Gasteiger partial charge in [-0.2, -0.15) is 0 Å². The van der Waals surface area contributed by atoms with Crippen molar-refractivity contribution in [2.24, 2.45) is 0 Å². The van der Waals surface area contributed by atoms with E-state index in [1.165, 1.54) is 0 Å². The van der Waals surface area contributed by atoms with E-state index in [1.54, 1.807) is 0 Å². The van der Waals surface area contributed by atoms with Crippen LogP contribution in [0, 0.1) is 0 Å². The van der Waals surface area contributed by atoms with Crippen LogP contribution in [0.25, 0.3) is 0 Å². The summed E-state index contributed by atoms with van der Waals surface area (Å²) in [5, 5.41) is 50.5. The van der Waals surface area contributed by atoms with Gasteiger partial charge in [0.2, 0.25) is 5.60 Å². The van der Waals surface area contributed by atoms with Gasteiger partial charge in [-0.3, -0.25) is 14.4 Å². The van der Waals surface area contributed by atoms with Gasteiger partial charge in [0.05, 0.1) is 46.6 Å². The van der Waals surface area contributed by atoms with E-state index in [-0.39, 0.29) is 12.6 Å². The van der Waals surface area contributed by atoms with Crippen LogP contribution < -0.4 is 15.7 Å². The molecule has 2 heterocycles. The van der Waals surface area contributed by atoms with Crippen LogP contribution in [0.2, 0.25) is 0 Å². The van der Waals surface area contributed by atoms with Gasteiger partial charge in [0.1, 0.15) is 12.6 Å². The van der Waals surface area contributed by atoms with Crippen LogP contribution >= 0.6 is 0 Å². The van der Waals surface area contributed by atoms with Crippen LogP contribution in [0.15, 0.2) is 0 Å². The van der Waals surface area contributed by atoms with Crippen molar-refractivity contribution in [3.8, 4) is 0 Å². The molecule has 0 saturated carbocycles. The standard InChI is InChI=1S/C11H15NO8.C5H9NO2.C5H14NO/c13-7(14)4-11(10(18)19,5-8(15)16)20-9(17)6-2-1-3-12-6;7-5(8)4-2-1-3-6-4;1-6(2,3)4-5-7/h6,12H,1-5H2,(H,13,14)(H,15,16)(H,18,19);4,6H,1-3H2,(H,7,8);7H,4-5H2,1-3H3/q;;+1/p-1/t6-;4-;/m00./s1. The van der Waals surface area contributed by atoms with Crippen LogP contribution in [-0.2, 0) is 28.7 Å². The highest BCUT2D eigenvalue weighted by Crippen LogP contribution is 2.24. The predicted molar refractivity (Wildman–Crippen MR) is 118 cm³/mol. The predicted octanol–water partition coefficient (Wildman–Crippen LogP) is -2.77. The zero-order valence-electron chi connectivity index (χ0n) is 20.3. The summed E-state index contributed by atoms with van der Waals surface area (Å²) in [6, 6.07) is -1.12. The molecular weight excluding hydrogens is 470 g/mol. The highest BCUT2D eigenvalue weighted by atomic mass is 16.6. The Labute approximate surface area is 203 Å². The van der Waals surface area contributed by atoms with Gasteiger partial charge >= 0.3 is 23.9 Å². The first-order valence-corrected chi connectivity index (χ1v) is 11.1. The number of quaternary nitrogens is 1. The number of carbonyl (C=O) groups excluding carboxylic acids is 2. The molecule has 2 rings (SSSR count). The molecular formula is C21H37N3O11. The highest BCUT2D eigenvalue weighted by Gasteiger charge is 2.48. The third-order valence-electron chi connectivity index (χ3n) is 5.02. The number of carbonyl (C=O) groups is 5. The average molecular weight is 508 g/mol. The fourth-order valence-electron chi connectivity index (χ4n) is 3.15. The summed E-state index contributed by atoms with van der Waals surface area (Å²) in [5.41, 5.74) is -2.60. The molecule has 0 aromatic rings. The van der Waals surface area contributed by atoms with Crippen molar-refractivity contribution < 1.29 is 58.7 Å². The maximum Gasteiger partial charge on any atom is 0.349 e. The summed E-state index contributed by atoms with van der Waals surface area (Å²) in [6.07, 6.45) is 0.563. The number of nitrogens with one attached hydrogen (secondary N) is 2. The van der Waals surface area contributed by atoms with Crippen LogP contribution in [0.3, 0.4) is 0 Å². The van der Waals surface area contributed by atoms with E-state index in [1.807, 2.05) is 0 Å². The van der Waals surface area contributed by atoms with Crippen LogP contribution in [-0.4, -0.2) is 120 Å². The number of hydrogen-bond donors (Lipinski definition) is 6. The third kappa shape index (κ3) is 13.6. The molecule has 2 aliphatic rings. The van der Waals surface area contributed by atoms with E-state index >= 15 is 0 Å². The van der Waals surface area contributed by atoms with Gasteiger partial charge in [-0.25, -0.2) is 4.79 Å². The fraction of sp³-hybridized carbons (Fsp3) is 0.762. The number of carboxylic acid groups (broad SMARTS) is 4. The maximum absolute atomic E-state index is 11.8. The molecule has 6 N–H and O–H groups in total. The van der Waals surface area contributed by atoms with Gasteiger partial charge < -0.3 is 50.2 Å². The van der Waals surface area contributed by atoms with Crippen molar-refractivity contribution in [3.63, 3.8) is 0 Å². The Morgan fingerprint density at radius 1 is 0.914 bits per heavy atom. The molecule has 2 aliphatic heterocycles. The van der Waals surface area contributed by atoms with Gasteiger partial charge in [0.15, 0.2) is 0 Å². The Morgan fingerprint density at radius 3 is 1.60 bits per heavy atom. The Bertz CT molecular complexity index is 709. The Morgan fingerprint density at radius 2 is 1.37 bits per heavy atom. The number of ether oxygens (including phenoxy) is 1. The van der Waals surface area contributed by atoms with Crippen molar-refractivity contribution in [2.75, 3.05) is 47.4 Å². The van der Waals surface area contributed by atoms with Crippen molar-refractivity contribution in [3.05, 3.63) is 0 Å². The van der Waals surface area contributed by atoms with Crippen molar-refractivity contribution in [1.29, 1.82) is 0 Å². The highest BCUT2D eigenvalue weighted by molar-refractivity contribution is 5.91. The summed E-state index contributed by atoms with van der Waals surface area (Å²) in [7, 11) is 6.16. The second kappa shape index (κ2) is 15.2. The summed E-state index contributed by atoms with van der Waals surface area (Å²) >= 11 is 0. The van der Waals surface area contributed by atoms with E-state index in [2.05, 4.69) is 31.8 Å². The topological polar surface area (TPSA) is 223 Å². The summed E-state index contributed by atoms with van der Waals surface area (Å²) < 4.78 is 5.59. The molecule has 14 nitrogen and oxygen atoms in total. The van der Waals surface area contributed by atoms with Gasteiger partial charge in [-0.1, -0.05) is 0 Å². The summed E-state index contributed by atoms with van der Waals surface area (Å²) in [4.78, 5) is 54.5. The lowest BCUT2D eigenvalue weighted by atomic mass is 9.95. The number of likely N-dealkylation sites (N-methyl/N-ethyl adjacent to an activating group) is 1. The lowest BCUT2D eigenvalue weighted by Gasteiger charge is -2.27. The molecule has 202 valence electrons. The number of rotatable bonds is 10. The lowest BCUT2D eigenvalue weighted by Crippen LogP contribution is -2.49. The first kappa shape index (κ1) is 32.2. The minimum atomic E-state index is -2.60. The van der Waals surface area contributed by atoms with Crippen molar-refractivity contribution in [1.82, 2.24) is 10.6 Å². The van der Waals surface area contributed by atoms with Gasteiger partial charge in [-0.15, -0.1) is 0 Å². The van der Waals surface area contributed by atoms with Gasteiger partial charge in [-0.05, 0) is 38.8 Å². The lowest BCUT2D eigenvalue weighted by molar-refractivity contribution is -0.870. The van der Waals surface area contributed by atoms with E-state index in [0.717, 1.165) is 30.4 Å². The molecule has 0 amide bonds. The van der Waals surface area contributed by atoms with Crippen LogP contribution in [0.4, 0.5) is 0 Å². The first-order valence-electron chi connectivity index (χ1n) is 11.1. The molecule has 2 atom stereocenters. The summed E-state index contributed by atoms with van der Waals surface area (Å²) in [5.74, 6) is -6.86. The minimum absolute atomic E-state index is 0.281. The number of nitrogens with zero attached hydrogens (tertiary/aromatic N) is 1. The monoisotopic (exact) mass is 507 g/mol. The van der Waals surface area contributed by atoms with Crippen LogP contribution in [0.1, 0.15) is 38.5 Å². The van der Waals surface area contributed by atoms with Gasteiger partial charge in [0.25, 0.3) is 0 Å². The quantitative estimate of drug-likeness (QED) is 0.130. The zero-order valence-corrected chi connectivity index (χ0v) is 20.3. The molecule has 0 aliphatic carbocycles. The molecule has 0 radical (unpaired) electrons. The number of aliphatic hydroxyl groups is 1. The first-order chi connectivity index (χ1) is 16.1. The van der Waals surface area contributed by atoms with E-state index in [0.29, 0.717) is 19.4 Å². The SMILES string of the molecule is C[N+](C)(C)CCO.O=C(O)CC(CC(=O)O)(OC(=O)[C@@H]1CCCN1)C(=O)O.O=C([O-])[C@@H]1CCCN1. The Kier molecular flexibility index (Phi) is 14.0. The molecule has 0 unspecified atom stereocenters. The molecule has 0 bridgehead atoms. The zero-order chi connectivity index (χ0) is 27.2. The van der Waals surface area contributed by atoms with E-state index in [4.69, 9.17) is 25.2 Å². The largest absolute Gasteiger partial charge is 0.548 e. The third-order valence-corrected chi connectivity index (χ3v) is 5.02. The molecule has 0 aromatic carbocycles. The normalized spacial score (nSPS) is 19.4. The Balaban J connectivity index is 0.000000627. The molecule has 0 spiro atoms. The number of aliphatic hydroxyl groups excluding tert-OH is 1. The van der Waals surface area contributed by atoms with Gasteiger partial charge in [0, 0.05) is 6.04 Å². The van der Waals surface area contributed by atoms with Crippen molar-refractivity contribution in [2.45, 2.75) is 56.2 Å². The summed E-state index contributed by atoms with van der Waals surface area (Å²) in [6.45, 7) is 2.49. The molecule has 14 heteroatoms. The average Bonchev–Trinajstić information content (AvgIpc) is 3.41. The number of hydrogen-bond acceptors (Lipinski definition) is 10. The van der Waals surface area contributed by atoms with E-state index in [9.17, 15) is 29.1 Å². The molecule has 0 aromatic heterocycles. The maximum atomic E-state index is 11.8.